The SMILES string of the molecule is COc1cc(C=C(C(=O)N(C)C)c2ccc(Oc3ccc(Cc4sc(=O)[nH]c4O)cc3)cc2)cc(OC)c1. The summed E-state index contributed by atoms with van der Waals surface area (Å²) in [5.74, 6) is 2.27. The molecule has 2 N–H and O–H groups in total. The highest BCUT2D eigenvalue weighted by molar-refractivity contribution is 7.09. The average Bonchev–Trinajstić information content (AvgIpc) is 3.24. The van der Waals surface area contributed by atoms with Crippen molar-refractivity contribution in [2.45, 2.75) is 6.42 Å². The number of ether oxygens (including phenoxy) is 3. The summed E-state index contributed by atoms with van der Waals surface area (Å²) < 4.78 is 16.7. The first-order chi connectivity index (χ1) is 18.2. The lowest BCUT2D eigenvalue weighted by Crippen LogP contribution is -2.22. The summed E-state index contributed by atoms with van der Waals surface area (Å²) in [6.07, 6.45) is 2.25. The molecular weight excluding hydrogens is 504 g/mol. The number of methoxy groups -OCH3 is 2. The molecule has 9 heteroatoms. The smallest absolute Gasteiger partial charge is 0.307 e. The van der Waals surface area contributed by atoms with Crippen LogP contribution in [0.25, 0.3) is 11.6 Å². The van der Waals surface area contributed by atoms with E-state index in [4.69, 9.17) is 14.2 Å². The van der Waals surface area contributed by atoms with E-state index >= 15 is 0 Å². The molecule has 0 unspecified atom stereocenters. The second kappa shape index (κ2) is 11.7. The number of benzene rings is 3. The Labute approximate surface area is 224 Å². The highest BCUT2D eigenvalue weighted by Crippen LogP contribution is 2.29. The van der Waals surface area contributed by atoms with Crippen LogP contribution in [0.2, 0.25) is 0 Å². The van der Waals surface area contributed by atoms with Crippen LogP contribution in [0.4, 0.5) is 0 Å². The third-order valence-electron chi connectivity index (χ3n) is 5.71. The largest absolute Gasteiger partial charge is 0.497 e. The molecule has 4 aromatic rings. The Balaban J connectivity index is 1.54. The van der Waals surface area contributed by atoms with Gasteiger partial charge in [-0.15, -0.1) is 0 Å². The van der Waals surface area contributed by atoms with Crippen molar-refractivity contribution in [3.63, 3.8) is 0 Å². The van der Waals surface area contributed by atoms with Gasteiger partial charge >= 0.3 is 4.87 Å². The van der Waals surface area contributed by atoms with Gasteiger partial charge in [0, 0.05) is 32.2 Å². The summed E-state index contributed by atoms with van der Waals surface area (Å²) in [5.41, 5.74) is 2.95. The van der Waals surface area contributed by atoms with Gasteiger partial charge in [0.05, 0.1) is 19.1 Å². The van der Waals surface area contributed by atoms with Gasteiger partial charge in [0.2, 0.25) is 5.88 Å². The minimum Gasteiger partial charge on any atom is -0.497 e. The number of H-pyrrole nitrogens is 1. The van der Waals surface area contributed by atoms with E-state index in [1.807, 2.05) is 60.7 Å². The molecule has 3 aromatic carbocycles. The molecule has 0 saturated heterocycles. The Bertz CT molecular complexity index is 1480. The molecule has 1 amide bonds. The second-order valence-corrected chi connectivity index (χ2v) is 9.70. The Kier molecular flexibility index (Phi) is 8.18. The minimum atomic E-state index is -0.283. The van der Waals surface area contributed by atoms with E-state index in [1.165, 1.54) is 4.90 Å². The van der Waals surface area contributed by atoms with Crippen LogP contribution >= 0.6 is 11.3 Å². The van der Waals surface area contributed by atoms with Crippen molar-refractivity contribution in [1.82, 2.24) is 9.88 Å². The van der Waals surface area contributed by atoms with Crippen LogP contribution in [0.1, 0.15) is 21.6 Å². The first-order valence-electron chi connectivity index (χ1n) is 11.7. The van der Waals surface area contributed by atoms with E-state index in [0.29, 0.717) is 39.9 Å². The van der Waals surface area contributed by atoms with Gasteiger partial charge in [0.15, 0.2) is 0 Å². The van der Waals surface area contributed by atoms with Crippen LogP contribution in [0.15, 0.2) is 71.5 Å². The highest BCUT2D eigenvalue weighted by atomic mass is 32.1. The fourth-order valence-corrected chi connectivity index (χ4v) is 4.52. The molecule has 0 saturated carbocycles. The summed E-state index contributed by atoms with van der Waals surface area (Å²) in [6, 6.07) is 20.2. The zero-order valence-electron chi connectivity index (χ0n) is 21.5. The first kappa shape index (κ1) is 26.6. The minimum absolute atomic E-state index is 0.0906. The number of aromatic amines is 1. The molecule has 0 aliphatic heterocycles. The summed E-state index contributed by atoms with van der Waals surface area (Å²) in [5, 5.41) is 9.79. The highest BCUT2D eigenvalue weighted by Gasteiger charge is 2.15. The molecule has 0 bridgehead atoms. The number of hydrogen-bond acceptors (Lipinski definition) is 7. The molecular formula is C29H28N2O6S. The zero-order valence-corrected chi connectivity index (χ0v) is 22.3. The Morgan fingerprint density at radius 2 is 1.50 bits per heavy atom. The summed E-state index contributed by atoms with van der Waals surface area (Å²) in [6.45, 7) is 0. The predicted octanol–water partition coefficient (Wildman–Crippen LogP) is 5.17. The van der Waals surface area contributed by atoms with Gasteiger partial charge < -0.3 is 24.2 Å². The third-order valence-corrected chi connectivity index (χ3v) is 6.58. The molecule has 196 valence electrons. The number of carbonyl (C=O) groups is 1. The summed E-state index contributed by atoms with van der Waals surface area (Å²) in [4.78, 5) is 28.6. The standard InChI is InChI=1S/C29H28N2O6S/c1-31(2)28(33)25(15-19-13-23(35-3)17-24(14-19)36-4)20-7-11-22(12-8-20)37-21-9-5-18(6-10-21)16-26-27(32)30-29(34)38-26/h5-15,17,32H,16H2,1-4H3,(H,30,34). The second-order valence-electron chi connectivity index (χ2n) is 8.64. The molecule has 1 heterocycles. The monoisotopic (exact) mass is 532 g/mol. The van der Waals surface area contributed by atoms with Crippen LogP contribution in [-0.2, 0) is 11.2 Å². The van der Waals surface area contributed by atoms with Crippen molar-refractivity contribution in [2.75, 3.05) is 28.3 Å². The van der Waals surface area contributed by atoms with Crippen LogP contribution in [0.5, 0.6) is 28.9 Å². The molecule has 0 spiro atoms. The maximum absolute atomic E-state index is 13.0. The van der Waals surface area contributed by atoms with E-state index in [0.717, 1.165) is 28.0 Å². The normalized spacial score (nSPS) is 11.2. The van der Waals surface area contributed by atoms with Crippen molar-refractivity contribution in [3.8, 4) is 28.9 Å². The Morgan fingerprint density at radius 3 is 2.00 bits per heavy atom. The van der Waals surface area contributed by atoms with E-state index in [2.05, 4.69) is 4.98 Å². The summed E-state index contributed by atoms with van der Waals surface area (Å²) >= 11 is 0.991. The molecule has 0 fully saturated rings. The molecule has 1 aromatic heterocycles. The number of amides is 1. The van der Waals surface area contributed by atoms with Crippen LogP contribution in [0.3, 0.4) is 0 Å². The lowest BCUT2D eigenvalue weighted by Gasteiger charge is -2.15. The third kappa shape index (κ3) is 6.43. The van der Waals surface area contributed by atoms with E-state index in [1.54, 1.807) is 40.5 Å². The number of carbonyl (C=O) groups excluding carboxylic acids is 1. The molecule has 8 nitrogen and oxygen atoms in total. The number of nitrogens with zero attached hydrogens (tertiary/aromatic N) is 1. The van der Waals surface area contributed by atoms with Gasteiger partial charge in [-0.3, -0.25) is 14.6 Å². The van der Waals surface area contributed by atoms with Gasteiger partial charge in [-0.05, 0) is 59.2 Å². The number of thiazole rings is 1. The van der Waals surface area contributed by atoms with Crippen LogP contribution in [-0.4, -0.2) is 49.2 Å². The molecule has 4 rings (SSSR count). The van der Waals surface area contributed by atoms with Crippen molar-refractivity contribution in [1.29, 1.82) is 0 Å². The van der Waals surface area contributed by atoms with Gasteiger partial charge in [-0.1, -0.05) is 35.6 Å². The van der Waals surface area contributed by atoms with E-state index < -0.39 is 0 Å². The van der Waals surface area contributed by atoms with E-state index in [9.17, 15) is 14.7 Å². The lowest BCUT2D eigenvalue weighted by atomic mass is 10.0. The number of nitrogens with one attached hydrogen (secondary N) is 1. The Morgan fingerprint density at radius 1 is 0.921 bits per heavy atom. The van der Waals surface area contributed by atoms with Gasteiger partial charge in [-0.25, -0.2) is 0 Å². The number of likely N-dealkylation sites (N-methyl/N-ethyl adjacent to an activating group) is 1. The molecule has 38 heavy (non-hydrogen) atoms. The molecule has 0 radical (unpaired) electrons. The van der Waals surface area contributed by atoms with Gasteiger partial charge in [0.25, 0.3) is 5.91 Å². The van der Waals surface area contributed by atoms with Crippen molar-refractivity contribution < 1.29 is 24.1 Å². The number of aromatic hydroxyl groups is 1. The van der Waals surface area contributed by atoms with Crippen LogP contribution in [0, 0.1) is 0 Å². The number of rotatable bonds is 9. The van der Waals surface area contributed by atoms with E-state index in [-0.39, 0.29) is 16.7 Å². The van der Waals surface area contributed by atoms with Gasteiger partial charge in [-0.2, -0.15) is 0 Å². The van der Waals surface area contributed by atoms with Crippen molar-refractivity contribution in [2.24, 2.45) is 0 Å². The zero-order chi connectivity index (χ0) is 27.2. The average molecular weight is 533 g/mol. The fourth-order valence-electron chi connectivity index (χ4n) is 3.76. The Hall–Kier alpha value is -4.50. The molecule has 0 aliphatic carbocycles. The number of aromatic nitrogens is 1. The molecule has 0 aliphatic rings. The maximum Gasteiger partial charge on any atom is 0.307 e. The van der Waals surface area contributed by atoms with Gasteiger partial charge in [0.1, 0.15) is 23.0 Å². The van der Waals surface area contributed by atoms with Crippen LogP contribution < -0.4 is 19.1 Å². The number of hydrogen-bond donors (Lipinski definition) is 2. The fraction of sp³-hybridized carbons (Fsp3) is 0.172. The van der Waals surface area contributed by atoms with Crippen molar-refractivity contribution >= 4 is 28.9 Å². The first-order valence-corrected chi connectivity index (χ1v) is 12.5. The predicted molar refractivity (Wildman–Crippen MR) is 148 cm³/mol. The molecule has 0 atom stereocenters. The maximum atomic E-state index is 13.0. The quantitative estimate of drug-likeness (QED) is 0.228. The lowest BCUT2D eigenvalue weighted by molar-refractivity contribution is -0.122. The topological polar surface area (TPSA) is 101 Å². The summed E-state index contributed by atoms with van der Waals surface area (Å²) in [7, 11) is 6.58. The van der Waals surface area contributed by atoms with Crippen molar-refractivity contribution in [3.05, 3.63) is 98.0 Å².